The van der Waals surface area contributed by atoms with Crippen molar-refractivity contribution in [2.24, 2.45) is 0 Å². The van der Waals surface area contributed by atoms with E-state index < -0.39 is 281 Å². The van der Waals surface area contributed by atoms with E-state index in [9.17, 15) is 102 Å². The van der Waals surface area contributed by atoms with E-state index in [-0.39, 0.29) is 0 Å². The summed E-state index contributed by atoms with van der Waals surface area (Å²) in [5.74, 6) is 0. The maximum Gasteiger partial charge on any atom is 0.187 e. The van der Waals surface area contributed by atoms with Crippen molar-refractivity contribution in [2.75, 3.05) is 59.5 Å². The molecule has 0 aliphatic carbocycles. The molecule has 37 nitrogen and oxygen atoms in total. The van der Waals surface area contributed by atoms with Crippen LogP contribution in [0.3, 0.4) is 0 Å². The highest BCUT2D eigenvalue weighted by Gasteiger charge is 2.58. The summed E-state index contributed by atoms with van der Waals surface area (Å²) in [6.07, 6.45) is -63.4. The van der Waals surface area contributed by atoms with E-state index >= 15 is 0 Å². The number of aliphatic hydroxyl groups excluding tert-OH is 20. The minimum atomic E-state index is -2.10. The Bertz CT molecular complexity index is 1980. The summed E-state index contributed by atoms with van der Waals surface area (Å²) in [6.45, 7) is -6.09. The van der Waals surface area contributed by atoms with Crippen molar-refractivity contribution in [3.8, 4) is 0 Å². The van der Waals surface area contributed by atoms with E-state index in [1.54, 1.807) is 0 Å². The molecule has 1 unspecified atom stereocenters. The van der Waals surface area contributed by atoms with Gasteiger partial charge < -0.3 is 183 Å². The molecule has 9 aliphatic heterocycles. The van der Waals surface area contributed by atoms with Crippen molar-refractivity contribution in [3.63, 3.8) is 0 Å². The predicted molar refractivity (Wildman–Crippen MR) is 243 cm³/mol. The molecule has 0 saturated carbocycles. The van der Waals surface area contributed by atoms with Gasteiger partial charge in [-0.05, 0) is 0 Å². The quantitative estimate of drug-likeness (QED) is 0.0571. The Morgan fingerprint density at radius 2 is 0.549 bits per heavy atom. The molecule has 9 saturated heterocycles. The van der Waals surface area contributed by atoms with Gasteiger partial charge in [-0.15, -0.1) is 0 Å². The van der Waals surface area contributed by atoms with Crippen LogP contribution in [0.1, 0.15) is 0 Å². The first-order valence-electron chi connectivity index (χ1n) is 26.3. The van der Waals surface area contributed by atoms with Crippen LogP contribution in [0.25, 0.3) is 0 Å². The SMILES string of the molecule is OC[C@@H]1O[C@@H](O[C@@H]2[C@@H](O)[C@H](O[C@@H]3CO[C@@H](O[C@@H]4CO[C@@H](O[C@@H]5CO[C@@H](O[C@@H]6COC(O)[C@H](O)[C@H]6O)[C@H](O)[C@H]5O)[C@H](O)[C@H]4O)[C@H](O[C@@H]4O[C@@H](CO)[C@H](O)[C@H]4O)[C@H]3O[C@@H]3O[C@@H](CO)[C@H](O)[C@H]3O)OC[C@H]2O[C@@H]2OC[C@@H](O)[C@H](O)[C@H]2O)[C@H](O)[C@H]1O. The Morgan fingerprint density at radius 3 is 0.988 bits per heavy atom. The average molecular weight is 1210 g/mol. The molecule has 0 aromatic rings. The maximum absolute atomic E-state index is 12.0. The highest BCUT2D eigenvalue weighted by molar-refractivity contribution is 4.99. The number of hydrogen-bond acceptors (Lipinski definition) is 37. The Kier molecular flexibility index (Phi) is 22.1. The first kappa shape index (κ1) is 65.0. The third-order valence-corrected chi connectivity index (χ3v) is 15.5. The molecule has 0 spiro atoms. The molecular formula is C45H74O37. The zero-order chi connectivity index (χ0) is 59.2. The topological polar surface area (TPSA) is 562 Å². The number of rotatable bonds is 19. The first-order valence-corrected chi connectivity index (χ1v) is 26.3. The summed E-state index contributed by atoms with van der Waals surface area (Å²) >= 11 is 0. The average Bonchev–Trinajstić information content (AvgIpc) is 3.78. The van der Waals surface area contributed by atoms with Gasteiger partial charge in [0, 0.05) is 0 Å². The fourth-order valence-corrected chi connectivity index (χ4v) is 10.5. The Labute approximate surface area is 463 Å². The molecule has 9 fully saturated rings. The van der Waals surface area contributed by atoms with E-state index in [1.165, 1.54) is 0 Å². The lowest BCUT2D eigenvalue weighted by Gasteiger charge is -2.48. The molecule has 0 aromatic heterocycles. The lowest BCUT2D eigenvalue weighted by atomic mass is 10.0. The van der Waals surface area contributed by atoms with Gasteiger partial charge in [-0.1, -0.05) is 0 Å². The minimum Gasteiger partial charge on any atom is -0.394 e. The highest BCUT2D eigenvalue weighted by Crippen LogP contribution is 2.38. The van der Waals surface area contributed by atoms with Gasteiger partial charge in [0.25, 0.3) is 0 Å². The lowest BCUT2D eigenvalue weighted by molar-refractivity contribution is -0.389. The molecule has 9 heterocycles. The largest absolute Gasteiger partial charge is 0.394 e. The second-order valence-electron chi connectivity index (χ2n) is 21.0. The molecular weight excluding hydrogens is 1130 g/mol. The molecule has 0 amide bonds. The summed E-state index contributed by atoms with van der Waals surface area (Å²) in [6, 6.07) is 0. The number of hydrogen-bond donors (Lipinski definition) is 20. The van der Waals surface area contributed by atoms with Crippen LogP contribution < -0.4 is 0 Å². The van der Waals surface area contributed by atoms with E-state index in [1.807, 2.05) is 0 Å². The van der Waals surface area contributed by atoms with Gasteiger partial charge >= 0.3 is 0 Å². The normalized spacial score (nSPS) is 54.1. The molecule has 9 aliphatic rings. The summed E-state index contributed by atoms with van der Waals surface area (Å²) in [4.78, 5) is 0. The Balaban J connectivity index is 0.937. The summed E-state index contributed by atoms with van der Waals surface area (Å²) < 4.78 is 98.0. The minimum absolute atomic E-state index is 0.437. The number of aliphatic hydroxyl groups is 20. The predicted octanol–water partition coefficient (Wildman–Crippen LogP) is -14.9. The van der Waals surface area contributed by atoms with Gasteiger partial charge in [-0.2, -0.15) is 0 Å². The summed E-state index contributed by atoms with van der Waals surface area (Å²) in [5.41, 5.74) is 0. The van der Waals surface area contributed by atoms with E-state index in [0.29, 0.717) is 0 Å². The van der Waals surface area contributed by atoms with Crippen LogP contribution >= 0.6 is 0 Å². The van der Waals surface area contributed by atoms with Crippen LogP contribution in [-0.2, 0) is 80.5 Å². The lowest BCUT2D eigenvalue weighted by Crippen LogP contribution is -2.65. The molecule has 9 rings (SSSR count). The van der Waals surface area contributed by atoms with Gasteiger partial charge in [0.1, 0.15) is 165 Å². The maximum atomic E-state index is 12.0. The van der Waals surface area contributed by atoms with Gasteiger partial charge in [-0.25, -0.2) is 0 Å². The molecule has 476 valence electrons. The summed E-state index contributed by atoms with van der Waals surface area (Å²) in [5, 5.41) is 212. The fraction of sp³-hybridized carbons (Fsp3) is 1.00. The van der Waals surface area contributed by atoms with Crippen LogP contribution in [0.4, 0.5) is 0 Å². The monoisotopic (exact) mass is 1210 g/mol. The zero-order valence-electron chi connectivity index (χ0n) is 43.0. The molecule has 0 radical (unpaired) electrons. The van der Waals surface area contributed by atoms with Crippen molar-refractivity contribution in [2.45, 2.75) is 221 Å². The molecule has 0 bridgehead atoms. The van der Waals surface area contributed by atoms with Crippen molar-refractivity contribution >= 4 is 0 Å². The van der Waals surface area contributed by atoms with Crippen molar-refractivity contribution in [1.82, 2.24) is 0 Å². The van der Waals surface area contributed by atoms with Gasteiger partial charge in [0.15, 0.2) is 56.6 Å². The van der Waals surface area contributed by atoms with Gasteiger partial charge in [0.2, 0.25) is 0 Å². The highest BCUT2D eigenvalue weighted by atomic mass is 16.8. The molecule has 36 atom stereocenters. The van der Waals surface area contributed by atoms with Crippen molar-refractivity contribution in [1.29, 1.82) is 0 Å². The standard InChI is InChI=1S/C45H74O37/c46-1-11-20(51)30(61)42(72-11)80-34-17(78-38-27(58)19(50)10(49)4-67-38)8-70-41(33(34)64)79-18-9-71-45(36(82-44-32(63)22(53)13(3-48)74-44)35(18)81-43-31(62)21(52)12(2-47)73-43)77-16-7-69-40(29(60)25(16)56)76-15-6-68-39(28(59)24(15)55)75-14-5-66-37(65)26(57)23(14)54/h10-65H,1-9H2/t10-,11+,12+,13+,14-,15-,16-,17-,18-,19+,20+,21+,22+,23+,24+,25+,26-,27-,28-,29-,30-,31-,32-,33-,34+,35+,36-,37?,38+,39+,40+,41+,42+,43+,44+,45+/m1/s1. The fourth-order valence-electron chi connectivity index (χ4n) is 10.5. The van der Waals surface area contributed by atoms with Crippen LogP contribution in [0.2, 0.25) is 0 Å². The third-order valence-electron chi connectivity index (χ3n) is 15.5. The Morgan fingerprint density at radius 1 is 0.244 bits per heavy atom. The van der Waals surface area contributed by atoms with Crippen LogP contribution in [0, 0.1) is 0 Å². The summed E-state index contributed by atoms with van der Waals surface area (Å²) in [7, 11) is 0. The van der Waals surface area contributed by atoms with Crippen LogP contribution in [0.5, 0.6) is 0 Å². The van der Waals surface area contributed by atoms with Crippen molar-refractivity contribution in [3.05, 3.63) is 0 Å². The van der Waals surface area contributed by atoms with E-state index in [2.05, 4.69) is 0 Å². The second kappa shape index (κ2) is 27.9. The van der Waals surface area contributed by atoms with Crippen LogP contribution in [-0.4, -0.2) is 383 Å². The van der Waals surface area contributed by atoms with Gasteiger partial charge in [0.05, 0.1) is 59.5 Å². The Hall–Kier alpha value is -1.48. The molecule has 82 heavy (non-hydrogen) atoms. The van der Waals surface area contributed by atoms with Crippen molar-refractivity contribution < 1.29 is 183 Å². The smallest absolute Gasteiger partial charge is 0.187 e. The molecule has 0 aromatic carbocycles. The van der Waals surface area contributed by atoms with E-state index in [0.717, 1.165) is 0 Å². The zero-order valence-corrected chi connectivity index (χ0v) is 43.0. The first-order chi connectivity index (χ1) is 39.0. The number of ether oxygens (including phenoxy) is 17. The second-order valence-corrected chi connectivity index (χ2v) is 21.0. The van der Waals surface area contributed by atoms with E-state index in [4.69, 9.17) is 80.5 Å². The van der Waals surface area contributed by atoms with Crippen LogP contribution in [0.15, 0.2) is 0 Å². The third kappa shape index (κ3) is 13.6. The molecule has 37 heteroatoms. The molecule has 20 N–H and O–H groups in total. The van der Waals surface area contributed by atoms with Gasteiger partial charge in [-0.3, -0.25) is 0 Å².